The lowest BCUT2D eigenvalue weighted by Crippen LogP contribution is -2.36. The van der Waals surface area contributed by atoms with Gasteiger partial charge in [0.25, 0.3) is 10.0 Å². The fourth-order valence-corrected chi connectivity index (χ4v) is 5.11. The van der Waals surface area contributed by atoms with Crippen molar-refractivity contribution in [1.82, 2.24) is 19.2 Å². The van der Waals surface area contributed by atoms with Crippen molar-refractivity contribution in [3.63, 3.8) is 0 Å². The van der Waals surface area contributed by atoms with E-state index >= 15 is 0 Å². The number of sulfonamides is 1. The number of hydrogen-bond donors (Lipinski definition) is 1. The van der Waals surface area contributed by atoms with Crippen molar-refractivity contribution in [2.75, 3.05) is 19.6 Å². The SMILES string of the molecule is CCCCCNC(=O)[C@@H]1CN(S(=O)(=O)c2cn(C)cn2)C[C@H]1c1ccc(F)cc1. The Morgan fingerprint density at radius 2 is 1.97 bits per heavy atom. The average Bonchev–Trinajstić information content (AvgIpc) is 3.33. The first kappa shape index (κ1) is 21.4. The summed E-state index contributed by atoms with van der Waals surface area (Å²) in [5, 5.41) is 2.89. The maximum Gasteiger partial charge on any atom is 0.262 e. The molecule has 158 valence electrons. The van der Waals surface area contributed by atoms with Crippen LogP contribution >= 0.6 is 0 Å². The first-order valence-corrected chi connectivity index (χ1v) is 11.3. The van der Waals surface area contributed by atoms with Gasteiger partial charge in [0.15, 0.2) is 5.03 Å². The molecule has 1 amide bonds. The zero-order valence-electron chi connectivity index (χ0n) is 16.7. The highest BCUT2D eigenvalue weighted by molar-refractivity contribution is 7.89. The number of halogens is 1. The van der Waals surface area contributed by atoms with E-state index in [0.29, 0.717) is 6.54 Å². The van der Waals surface area contributed by atoms with Crippen LogP contribution in [0.15, 0.2) is 41.8 Å². The van der Waals surface area contributed by atoms with Crippen LogP contribution in [0.5, 0.6) is 0 Å². The number of nitrogens with zero attached hydrogens (tertiary/aromatic N) is 3. The number of nitrogens with one attached hydrogen (secondary N) is 1. The van der Waals surface area contributed by atoms with Gasteiger partial charge in [-0.3, -0.25) is 4.79 Å². The van der Waals surface area contributed by atoms with Crippen LogP contribution in [0.1, 0.15) is 37.7 Å². The lowest BCUT2D eigenvalue weighted by molar-refractivity contribution is -0.124. The maximum atomic E-state index is 13.4. The van der Waals surface area contributed by atoms with E-state index in [1.807, 2.05) is 0 Å². The molecule has 3 rings (SSSR count). The summed E-state index contributed by atoms with van der Waals surface area (Å²) in [5.41, 5.74) is 0.749. The molecule has 1 aliphatic heterocycles. The van der Waals surface area contributed by atoms with E-state index < -0.39 is 15.9 Å². The van der Waals surface area contributed by atoms with Crippen LogP contribution in [0.3, 0.4) is 0 Å². The Morgan fingerprint density at radius 3 is 2.59 bits per heavy atom. The lowest BCUT2D eigenvalue weighted by atomic mass is 9.88. The minimum Gasteiger partial charge on any atom is -0.356 e. The lowest BCUT2D eigenvalue weighted by Gasteiger charge is -2.18. The Labute approximate surface area is 171 Å². The number of hydrogen-bond acceptors (Lipinski definition) is 4. The summed E-state index contributed by atoms with van der Waals surface area (Å²) < 4.78 is 42.2. The topological polar surface area (TPSA) is 84.3 Å². The minimum atomic E-state index is -3.82. The summed E-state index contributed by atoms with van der Waals surface area (Å²) in [6.45, 7) is 2.87. The molecule has 2 atom stereocenters. The second kappa shape index (κ2) is 9.04. The van der Waals surface area contributed by atoms with Crippen molar-refractivity contribution in [2.45, 2.75) is 37.1 Å². The molecule has 1 saturated heterocycles. The predicted molar refractivity (Wildman–Crippen MR) is 107 cm³/mol. The summed E-state index contributed by atoms with van der Waals surface area (Å²) in [5.74, 6) is -1.43. The van der Waals surface area contributed by atoms with E-state index in [0.717, 1.165) is 24.8 Å². The van der Waals surface area contributed by atoms with Gasteiger partial charge in [-0.2, -0.15) is 4.31 Å². The zero-order valence-corrected chi connectivity index (χ0v) is 17.5. The van der Waals surface area contributed by atoms with Gasteiger partial charge in [-0.15, -0.1) is 0 Å². The maximum absolute atomic E-state index is 13.4. The van der Waals surface area contributed by atoms with Gasteiger partial charge in [0.05, 0.1) is 12.2 Å². The minimum absolute atomic E-state index is 0.0399. The summed E-state index contributed by atoms with van der Waals surface area (Å²) in [4.78, 5) is 16.8. The number of aromatic nitrogens is 2. The number of rotatable bonds is 8. The highest BCUT2D eigenvalue weighted by Crippen LogP contribution is 2.35. The normalized spacial score (nSPS) is 20.1. The molecule has 0 saturated carbocycles. The van der Waals surface area contributed by atoms with Crippen LogP contribution in [0.4, 0.5) is 4.39 Å². The molecule has 1 fully saturated rings. The summed E-state index contributed by atoms with van der Waals surface area (Å²) in [6.07, 6.45) is 5.82. The smallest absolute Gasteiger partial charge is 0.262 e. The Bertz CT molecular complexity index is 943. The second-order valence-electron chi connectivity index (χ2n) is 7.46. The van der Waals surface area contributed by atoms with E-state index in [1.165, 1.54) is 29.0 Å². The molecular formula is C20H27FN4O3S. The van der Waals surface area contributed by atoms with E-state index in [1.54, 1.807) is 23.7 Å². The van der Waals surface area contributed by atoms with Crippen molar-refractivity contribution >= 4 is 15.9 Å². The molecule has 2 aromatic rings. The van der Waals surface area contributed by atoms with Gasteiger partial charge in [0.2, 0.25) is 5.91 Å². The quantitative estimate of drug-likeness (QED) is 0.662. The first-order valence-electron chi connectivity index (χ1n) is 9.84. The van der Waals surface area contributed by atoms with Gasteiger partial charge in [-0.25, -0.2) is 17.8 Å². The van der Waals surface area contributed by atoms with E-state index in [-0.39, 0.29) is 35.8 Å². The summed E-state index contributed by atoms with van der Waals surface area (Å²) in [7, 11) is -2.12. The molecule has 1 aromatic carbocycles. The standard InChI is InChI=1S/C20H27FN4O3S/c1-3-4-5-10-22-20(26)18-12-25(29(27,28)19-13-24(2)14-23-19)11-17(18)15-6-8-16(21)9-7-15/h6-9,13-14,17-18H,3-5,10-12H2,1-2H3,(H,22,26)/t17-,18+/m0/s1. The summed E-state index contributed by atoms with van der Waals surface area (Å²) in [6, 6.07) is 5.91. The van der Waals surface area contributed by atoms with Crippen LogP contribution in [-0.2, 0) is 21.9 Å². The van der Waals surface area contributed by atoms with Gasteiger partial charge in [0.1, 0.15) is 5.82 Å². The monoisotopic (exact) mass is 422 g/mol. The van der Waals surface area contributed by atoms with Gasteiger partial charge >= 0.3 is 0 Å². The Hall–Kier alpha value is -2.26. The molecule has 29 heavy (non-hydrogen) atoms. The third kappa shape index (κ3) is 4.84. The fourth-order valence-electron chi connectivity index (χ4n) is 3.65. The highest BCUT2D eigenvalue weighted by Gasteiger charge is 2.44. The van der Waals surface area contributed by atoms with E-state index in [9.17, 15) is 17.6 Å². The van der Waals surface area contributed by atoms with Crippen molar-refractivity contribution in [3.05, 3.63) is 48.2 Å². The van der Waals surface area contributed by atoms with Crippen molar-refractivity contribution in [2.24, 2.45) is 13.0 Å². The molecule has 1 N–H and O–H groups in total. The number of carbonyl (C=O) groups is 1. The average molecular weight is 423 g/mol. The molecule has 0 unspecified atom stereocenters. The molecular weight excluding hydrogens is 395 g/mol. The Kier molecular flexibility index (Phi) is 6.69. The molecule has 1 aromatic heterocycles. The number of benzene rings is 1. The van der Waals surface area contributed by atoms with Crippen molar-refractivity contribution < 1.29 is 17.6 Å². The largest absolute Gasteiger partial charge is 0.356 e. The van der Waals surface area contributed by atoms with Crippen LogP contribution < -0.4 is 5.32 Å². The van der Waals surface area contributed by atoms with Gasteiger partial charge in [0, 0.05) is 38.8 Å². The zero-order chi connectivity index (χ0) is 21.0. The fraction of sp³-hybridized carbons (Fsp3) is 0.500. The van der Waals surface area contributed by atoms with Gasteiger partial charge in [-0.05, 0) is 24.1 Å². The number of imidazole rings is 1. The molecule has 0 aliphatic carbocycles. The molecule has 0 radical (unpaired) electrons. The Morgan fingerprint density at radius 1 is 1.24 bits per heavy atom. The third-order valence-electron chi connectivity index (χ3n) is 5.29. The number of amides is 1. The van der Waals surface area contributed by atoms with E-state index in [4.69, 9.17) is 0 Å². The van der Waals surface area contributed by atoms with Crippen molar-refractivity contribution in [3.8, 4) is 0 Å². The third-order valence-corrected chi connectivity index (χ3v) is 7.00. The number of unbranched alkanes of at least 4 members (excludes halogenated alkanes) is 2. The van der Waals surface area contributed by atoms with Gasteiger partial charge in [-0.1, -0.05) is 31.9 Å². The van der Waals surface area contributed by atoms with E-state index in [2.05, 4.69) is 17.2 Å². The molecule has 1 aliphatic rings. The second-order valence-corrected chi connectivity index (χ2v) is 9.35. The molecule has 9 heteroatoms. The van der Waals surface area contributed by atoms with Crippen LogP contribution in [0.2, 0.25) is 0 Å². The molecule has 0 bridgehead atoms. The number of aryl methyl sites for hydroxylation is 1. The van der Waals surface area contributed by atoms with Crippen LogP contribution in [-0.4, -0.2) is 47.8 Å². The molecule has 7 nitrogen and oxygen atoms in total. The van der Waals surface area contributed by atoms with Crippen LogP contribution in [0, 0.1) is 11.7 Å². The highest BCUT2D eigenvalue weighted by atomic mass is 32.2. The predicted octanol–water partition coefficient (Wildman–Crippen LogP) is 2.27. The molecule has 0 spiro atoms. The van der Waals surface area contributed by atoms with Crippen molar-refractivity contribution in [1.29, 1.82) is 0 Å². The summed E-state index contributed by atoms with van der Waals surface area (Å²) >= 11 is 0. The molecule has 2 heterocycles. The Balaban J connectivity index is 1.83. The number of carbonyl (C=O) groups excluding carboxylic acids is 1. The first-order chi connectivity index (χ1) is 13.8. The van der Waals surface area contributed by atoms with Gasteiger partial charge < -0.3 is 9.88 Å². The van der Waals surface area contributed by atoms with Crippen LogP contribution in [0.25, 0.3) is 0 Å².